The van der Waals surface area contributed by atoms with Gasteiger partial charge in [0.15, 0.2) is 11.5 Å². The van der Waals surface area contributed by atoms with Crippen LogP contribution in [-0.2, 0) is 4.79 Å². The number of anilines is 1. The van der Waals surface area contributed by atoms with Crippen LogP contribution >= 0.6 is 12.4 Å². The Balaban J connectivity index is 0.00000484. The normalized spacial score (nSPS) is 9.61. The third kappa shape index (κ3) is 5.61. The third-order valence-corrected chi connectivity index (χ3v) is 3.04. The van der Waals surface area contributed by atoms with Crippen molar-refractivity contribution < 1.29 is 19.1 Å². The molecule has 23 heavy (non-hydrogen) atoms. The van der Waals surface area contributed by atoms with E-state index in [1.807, 2.05) is 0 Å². The standard InChI is InChI=1S/C15H23N3O4.ClH/c1-16-7-6-14(19)17-11-9-13(22-5)12(21-4)8-10(11)15(20)18(2)3;/h8-9,16H,6-7H2,1-5H3,(H,17,19);1H. The lowest BCUT2D eigenvalue weighted by Crippen LogP contribution is -2.25. The number of methoxy groups -OCH3 is 2. The van der Waals surface area contributed by atoms with Gasteiger partial charge >= 0.3 is 0 Å². The summed E-state index contributed by atoms with van der Waals surface area (Å²) < 4.78 is 10.4. The number of amides is 2. The zero-order valence-corrected chi connectivity index (χ0v) is 14.9. The molecule has 0 aliphatic rings. The Morgan fingerprint density at radius 1 is 1.13 bits per heavy atom. The summed E-state index contributed by atoms with van der Waals surface area (Å²) in [5, 5.41) is 5.65. The molecule has 0 spiro atoms. The predicted molar refractivity (Wildman–Crippen MR) is 92.0 cm³/mol. The number of ether oxygens (including phenoxy) is 2. The lowest BCUT2D eigenvalue weighted by molar-refractivity contribution is -0.116. The highest BCUT2D eigenvalue weighted by Gasteiger charge is 2.19. The first-order chi connectivity index (χ1) is 10.4. The van der Waals surface area contributed by atoms with Crippen LogP contribution in [0.4, 0.5) is 5.69 Å². The lowest BCUT2D eigenvalue weighted by Gasteiger charge is -2.18. The van der Waals surface area contributed by atoms with Crippen molar-refractivity contribution in [1.82, 2.24) is 10.2 Å². The van der Waals surface area contributed by atoms with E-state index in [1.165, 1.54) is 19.1 Å². The summed E-state index contributed by atoms with van der Waals surface area (Å²) in [5.41, 5.74) is 0.748. The van der Waals surface area contributed by atoms with Gasteiger partial charge < -0.3 is 25.0 Å². The summed E-state index contributed by atoms with van der Waals surface area (Å²) in [5.74, 6) is 0.460. The van der Waals surface area contributed by atoms with Crippen molar-refractivity contribution >= 4 is 29.9 Å². The van der Waals surface area contributed by atoms with E-state index in [9.17, 15) is 9.59 Å². The van der Waals surface area contributed by atoms with Crippen LogP contribution in [-0.4, -0.2) is 58.6 Å². The number of halogens is 1. The molecule has 0 saturated heterocycles. The zero-order valence-electron chi connectivity index (χ0n) is 14.1. The number of rotatable bonds is 7. The topological polar surface area (TPSA) is 79.9 Å². The fourth-order valence-corrected chi connectivity index (χ4v) is 1.85. The minimum Gasteiger partial charge on any atom is -0.493 e. The van der Waals surface area contributed by atoms with E-state index < -0.39 is 0 Å². The van der Waals surface area contributed by atoms with Crippen molar-refractivity contribution in [2.45, 2.75) is 6.42 Å². The quantitative estimate of drug-likeness (QED) is 0.780. The van der Waals surface area contributed by atoms with Gasteiger partial charge in [0.05, 0.1) is 25.5 Å². The average Bonchev–Trinajstić information content (AvgIpc) is 2.51. The van der Waals surface area contributed by atoms with Crippen LogP contribution in [0.25, 0.3) is 0 Å². The Labute approximate surface area is 142 Å². The Kier molecular flexibility index (Phi) is 9.05. The molecule has 0 aromatic heterocycles. The maximum atomic E-state index is 12.3. The van der Waals surface area contributed by atoms with Gasteiger partial charge in [-0.15, -0.1) is 12.4 Å². The molecule has 0 radical (unpaired) electrons. The van der Waals surface area contributed by atoms with Crippen LogP contribution in [0.2, 0.25) is 0 Å². The Morgan fingerprint density at radius 2 is 1.70 bits per heavy atom. The van der Waals surface area contributed by atoms with E-state index in [2.05, 4.69) is 10.6 Å². The number of nitrogens with zero attached hydrogens (tertiary/aromatic N) is 1. The molecule has 0 aliphatic heterocycles. The van der Waals surface area contributed by atoms with Gasteiger partial charge in [-0.3, -0.25) is 9.59 Å². The molecule has 0 saturated carbocycles. The SMILES string of the molecule is CNCCC(=O)Nc1cc(OC)c(OC)cc1C(=O)N(C)C.Cl. The molecule has 1 aromatic rings. The van der Waals surface area contributed by atoms with E-state index in [0.29, 0.717) is 35.7 Å². The van der Waals surface area contributed by atoms with Crippen LogP contribution < -0.4 is 20.1 Å². The van der Waals surface area contributed by atoms with Crippen molar-refractivity contribution in [3.63, 3.8) is 0 Å². The first kappa shape index (κ1) is 21.0. The van der Waals surface area contributed by atoms with Gasteiger partial charge in [-0.1, -0.05) is 0 Å². The second kappa shape index (κ2) is 9.91. The molecule has 0 fully saturated rings. The molecule has 0 bridgehead atoms. The highest BCUT2D eigenvalue weighted by atomic mass is 35.5. The lowest BCUT2D eigenvalue weighted by atomic mass is 10.1. The highest BCUT2D eigenvalue weighted by molar-refractivity contribution is 6.04. The zero-order chi connectivity index (χ0) is 16.7. The Morgan fingerprint density at radius 3 is 2.17 bits per heavy atom. The number of carbonyl (C=O) groups excluding carboxylic acids is 2. The number of benzene rings is 1. The Bertz CT molecular complexity index is 550. The highest BCUT2D eigenvalue weighted by Crippen LogP contribution is 2.33. The van der Waals surface area contributed by atoms with Gasteiger partial charge in [0.25, 0.3) is 5.91 Å². The smallest absolute Gasteiger partial charge is 0.255 e. The third-order valence-electron chi connectivity index (χ3n) is 3.04. The minimum atomic E-state index is -0.232. The number of nitrogens with one attached hydrogen (secondary N) is 2. The van der Waals surface area contributed by atoms with E-state index >= 15 is 0 Å². The first-order valence-electron chi connectivity index (χ1n) is 6.86. The maximum Gasteiger partial charge on any atom is 0.255 e. The maximum absolute atomic E-state index is 12.3. The van der Waals surface area contributed by atoms with Gasteiger partial charge in [-0.05, 0) is 13.1 Å². The molecule has 0 heterocycles. The largest absolute Gasteiger partial charge is 0.493 e. The molecule has 1 rings (SSSR count). The summed E-state index contributed by atoms with van der Waals surface area (Å²) in [6, 6.07) is 3.15. The summed E-state index contributed by atoms with van der Waals surface area (Å²) in [6.07, 6.45) is 0.306. The van der Waals surface area contributed by atoms with Crippen molar-refractivity contribution in [3.8, 4) is 11.5 Å². The van der Waals surface area contributed by atoms with Crippen LogP contribution in [0.5, 0.6) is 11.5 Å². The van der Waals surface area contributed by atoms with Crippen LogP contribution in [0.1, 0.15) is 16.8 Å². The van der Waals surface area contributed by atoms with E-state index in [1.54, 1.807) is 33.3 Å². The summed E-state index contributed by atoms with van der Waals surface area (Å²) in [7, 11) is 8.05. The summed E-state index contributed by atoms with van der Waals surface area (Å²) >= 11 is 0. The molecular formula is C15H24ClN3O4. The van der Waals surface area contributed by atoms with E-state index in [4.69, 9.17) is 9.47 Å². The molecule has 0 aliphatic carbocycles. The van der Waals surface area contributed by atoms with E-state index in [-0.39, 0.29) is 24.2 Å². The number of carbonyl (C=O) groups is 2. The van der Waals surface area contributed by atoms with Gasteiger partial charge in [0.2, 0.25) is 5.91 Å². The second-order valence-electron chi connectivity index (χ2n) is 4.85. The molecule has 0 atom stereocenters. The molecule has 130 valence electrons. The van der Waals surface area contributed by atoms with Crippen molar-refractivity contribution in [2.24, 2.45) is 0 Å². The van der Waals surface area contributed by atoms with Gasteiger partial charge in [0, 0.05) is 33.1 Å². The van der Waals surface area contributed by atoms with Crippen molar-refractivity contribution in [3.05, 3.63) is 17.7 Å². The van der Waals surface area contributed by atoms with E-state index in [0.717, 1.165) is 0 Å². The van der Waals surface area contributed by atoms with Gasteiger partial charge in [-0.25, -0.2) is 0 Å². The molecule has 2 amide bonds. The fourth-order valence-electron chi connectivity index (χ4n) is 1.85. The van der Waals surface area contributed by atoms with Crippen molar-refractivity contribution in [1.29, 1.82) is 0 Å². The average molecular weight is 346 g/mol. The first-order valence-corrected chi connectivity index (χ1v) is 6.86. The predicted octanol–water partition coefficient (Wildman–Crippen LogP) is 1.38. The molecular weight excluding hydrogens is 322 g/mol. The molecule has 7 nitrogen and oxygen atoms in total. The molecule has 1 aromatic carbocycles. The van der Waals surface area contributed by atoms with Crippen LogP contribution in [0.3, 0.4) is 0 Å². The Hall–Kier alpha value is -1.99. The van der Waals surface area contributed by atoms with Gasteiger partial charge in [0.1, 0.15) is 0 Å². The fraction of sp³-hybridized carbons (Fsp3) is 0.467. The summed E-state index contributed by atoms with van der Waals surface area (Å²) in [6.45, 7) is 0.552. The number of hydrogen-bond donors (Lipinski definition) is 2. The molecule has 8 heteroatoms. The van der Waals surface area contributed by atoms with Crippen molar-refractivity contribution in [2.75, 3.05) is 47.2 Å². The van der Waals surface area contributed by atoms with Crippen LogP contribution in [0, 0.1) is 0 Å². The van der Waals surface area contributed by atoms with Crippen LogP contribution in [0.15, 0.2) is 12.1 Å². The monoisotopic (exact) mass is 345 g/mol. The summed E-state index contributed by atoms with van der Waals surface area (Å²) in [4.78, 5) is 25.7. The number of hydrogen-bond acceptors (Lipinski definition) is 5. The second-order valence-corrected chi connectivity index (χ2v) is 4.85. The molecule has 2 N–H and O–H groups in total. The minimum absolute atomic E-state index is 0. The van der Waals surface area contributed by atoms with Gasteiger partial charge in [-0.2, -0.15) is 0 Å². The molecule has 0 unspecified atom stereocenters.